The Morgan fingerprint density at radius 1 is 0.317 bits per heavy atom. The van der Waals surface area contributed by atoms with Crippen molar-refractivity contribution in [1.29, 1.82) is 0 Å². The van der Waals surface area contributed by atoms with E-state index in [9.17, 15) is 0 Å². The van der Waals surface area contributed by atoms with Crippen LogP contribution in [-0.4, -0.2) is 11.2 Å². The van der Waals surface area contributed by atoms with Crippen LogP contribution in [0.15, 0.2) is 216 Å². The third-order valence-electron chi connectivity index (χ3n) is 10.5. The van der Waals surface area contributed by atoms with Gasteiger partial charge in [-0.1, -0.05) is 182 Å². The molecule has 0 saturated carbocycles. The number of hydrogen-bond acceptors (Lipinski definition) is 2. The molecule has 2 N–H and O–H groups in total. The van der Waals surface area contributed by atoms with Gasteiger partial charge in [0.05, 0.1) is 11.4 Å². The van der Waals surface area contributed by atoms with Gasteiger partial charge in [0.2, 0.25) is 0 Å². The van der Waals surface area contributed by atoms with Crippen molar-refractivity contribution in [1.82, 2.24) is 0 Å². The molecule has 0 saturated heterocycles. The normalized spacial score (nSPS) is 11.8. The average molecular weight is 815 g/mol. The summed E-state index contributed by atoms with van der Waals surface area (Å²) in [5.74, 6) is 0. The van der Waals surface area contributed by atoms with Crippen LogP contribution in [-0.2, 0) is 0 Å². The van der Waals surface area contributed by atoms with Crippen LogP contribution in [0.1, 0.15) is 22.3 Å². The molecule has 0 unspecified atom stereocenters. The first-order valence-corrected chi connectivity index (χ1v) is 22.9. The van der Waals surface area contributed by atoms with E-state index in [1.807, 2.05) is 0 Å². The summed E-state index contributed by atoms with van der Waals surface area (Å²) in [5.41, 5.74) is 12.8. The average Bonchev–Trinajstić information content (AvgIpc) is 3.28. The van der Waals surface area contributed by atoms with Gasteiger partial charge < -0.3 is 10.6 Å². The molecule has 0 radical (unpaired) electrons. The number of aliphatic imine (C=N–C) groups is 2. The van der Waals surface area contributed by atoms with Gasteiger partial charge in [-0.3, -0.25) is 0 Å². The maximum atomic E-state index is 5.40. The number of aryl methyl sites for hydroxylation is 4. The van der Waals surface area contributed by atoms with Crippen molar-refractivity contribution >= 4 is 71.0 Å². The summed E-state index contributed by atoms with van der Waals surface area (Å²) in [5, 5.41) is 12.6. The molecule has 8 aromatic rings. The summed E-state index contributed by atoms with van der Waals surface area (Å²) in [6, 6.07) is 72.9. The summed E-state index contributed by atoms with van der Waals surface area (Å²) in [4.78, 5) is 10.8. The molecule has 0 bridgehead atoms. The van der Waals surface area contributed by atoms with E-state index in [-0.39, 0.29) is 0 Å². The summed E-state index contributed by atoms with van der Waals surface area (Å²) in [6.07, 6.45) is 0. The van der Waals surface area contributed by atoms with Crippen molar-refractivity contribution < 1.29 is 0 Å². The monoisotopic (exact) mass is 814 g/mol. The molecule has 0 aliphatic rings. The van der Waals surface area contributed by atoms with Crippen LogP contribution in [0, 0.1) is 27.7 Å². The number of benzene rings is 8. The van der Waals surface area contributed by atoms with Crippen molar-refractivity contribution in [2.75, 3.05) is 10.6 Å². The lowest BCUT2D eigenvalue weighted by atomic mass is 10.1. The molecular weight excluding hydrogens is 767 g/mol. The Morgan fingerprint density at radius 2 is 0.583 bits per heavy atom. The standard InChI is InChI=1S/C54H48N4P2/c1-39-19-17-20-40(2)51(39)57-53(59(47-23-9-5-10-24-47)48-25-11-6-12-26-48)55-45-35-31-43(32-36-45)44-33-37-46(38-34-44)56-54(58-52-41(3)21-18-22-42(52)4)60(49-27-13-7-14-28-49)50-29-15-8-16-30-50/h5-38H,1-4H3,(H,55,57)(H,56,58). The van der Waals surface area contributed by atoms with E-state index in [2.05, 4.69) is 245 Å². The second kappa shape index (κ2) is 19.1. The molecule has 294 valence electrons. The molecule has 0 aliphatic heterocycles. The number of nitrogens with one attached hydrogen (secondary N) is 2. The molecule has 6 heteroatoms. The Labute approximate surface area is 357 Å². The number of anilines is 2. The van der Waals surface area contributed by atoms with Gasteiger partial charge in [0.25, 0.3) is 0 Å². The van der Waals surface area contributed by atoms with Crippen LogP contribution < -0.4 is 31.9 Å². The smallest absolute Gasteiger partial charge is 0.138 e. The maximum Gasteiger partial charge on any atom is 0.138 e. The zero-order valence-electron chi connectivity index (χ0n) is 34.4. The molecule has 8 rings (SSSR count). The first-order chi connectivity index (χ1) is 29.4. The van der Waals surface area contributed by atoms with Gasteiger partial charge in [-0.25, -0.2) is 9.98 Å². The van der Waals surface area contributed by atoms with Crippen molar-refractivity contribution in [3.63, 3.8) is 0 Å². The highest BCUT2D eigenvalue weighted by Crippen LogP contribution is 2.40. The van der Waals surface area contributed by atoms with Gasteiger partial charge >= 0.3 is 0 Å². The quantitative estimate of drug-likeness (QED) is 0.0776. The van der Waals surface area contributed by atoms with E-state index < -0.39 is 15.8 Å². The van der Waals surface area contributed by atoms with Crippen molar-refractivity contribution in [2.45, 2.75) is 27.7 Å². The first-order valence-electron chi connectivity index (χ1n) is 20.3. The lowest BCUT2D eigenvalue weighted by Gasteiger charge is -2.24. The third kappa shape index (κ3) is 9.54. The first kappa shape index (κ1) is 40.3. The lowest BCUT2D eigenvalue weighted by molar-refractivity contribution is 1.37. The Morgan fingerprint density at radius 3 is 0.850 bits per heavy atom. The molecule has 8 aromatic carbocycles. The highest BCUT2D eigenvalue weighted by atomic mass is 31.1. The number of nitrogens with zero attached hydrogens (tertiary/aromatic N) is 2. The van der Waals surface area contributed by atoms with Crippen LogP contribution >= 0.6 is 15.8 Å². The largest absolute Gasteiger partial charge is 0.339 e. The Balaban J connectivity index is 1.14. The van der Waals surface area contributed by atoms with Crippen LogP contribution in [0.25, 0.3) is 11.1 Å². The molecule has 0 atom stereocenters. The predicted molar refractivity (Wildman–Crippen MR) is 263 cm³/mol. The predicted octanol–water partition coefficient (Wildman–Crippen LogP) is 13.1. The number of para-hydroxylation sites is 2. The van der Waals surface area contributed by atoms with Gasteiger partial charge in [-0.2, -0.15) is 0 Å². The van der Waals surface area contributed by atoms with Crippen molar-refractivity contribution in [3.8, 4) is 11.1 Å². The number of amidine groups is 2. The summed E-state index contributed by atoms with van der Waals surface area (Å²) in [6.45, 7) is 8.61. The molecule has 0 aromatic heterocycles. The van der Waals surface area contributed by atoms with E-state index >= 15 is 0 Å². The highest BCUT2D eigenvalue weighted by Gasteiger charge is 2.24. The van der Waals surface area contributed by atoms with E-state index in [4.69, 9.17) is 9.98 Å². The van der Waals surface area contributed by atoms with E-state index in [0.717, 1.165) is 45.0 Å². The van der Waals surface area contributed by atoms with Crippen LogP contribution in [0.4, 0.5) is 22.7 Å². The fourth-order valence-corrected chi connectivity index (χ4v) is 11.6. The minimum absolute atomic E-state index is 0.894. The van der Waals surface area contributed by atoms with Gasteiger partial charge in [0.1, 0.15) is 11.2 Å². The van der Waals surface area contributed by atoms with Crippen LogP contribution in [0.3, 0.4) is 0 Å². The van der Waals surface area contributed by atoms with Crippen molar-refractivity contribution in [2.24, 2.45) is 9.98 Å². The van der Waals surface area contributed by atoms with Crippen LogP contribution in [0.2, 0.25) is 0 Å². The summed E-state index contributed by atoms with van der Waals surface area (Å²) >= 11 is 0. The summed E-state index contributed by atoms with van der Waals surface area (Å²) in [7, 11) is -1.96. The molecule has 4 nitrogen and oxygen atoms in total. The van der Waals surface area contributed by atoms with Crippen molar-refractivity contribution in [3.05, 3.63) is 229 Å². The Kier molecular flexibility index (Phi) is 12.8. The van der Waals surface area contributed by atoms with Gasteiger partial charge in [-0.15, -0.1) is 0 Å². The minimum atomic E-state index is -0.982. The van der Waals surface area contributed by atoms with E-state index in [0.29, 0.717) is 0 Å². The molecular formula is C54H48N4P2. The zero-order chi connectivity index (χ0) is 41.3. The molecule has 0 amide bonds. The highest BCUT2D eigenvalue weighted by molar-refractivity contribution is 7.88. The van der Waals surface area contributed by atoms with E-state index in [1.165, 1.54) is 43.5 Å². The maximum absolute atomic E-state index is 5.40. The third-order valence-corrected chi connectivity index (χ3v) is 15.0. The number of rotatable bonds is 11. The lowest BCUT2D eigenvalue weighted by Crippen LogP contribution is -2.24. The zero-order valence-corrected chi connectivity index (χ0v) is 36.2. The molecule has 60 heavy (non-hydrogen) atoms. The summed E-state index contributed by atoms with van der Waals surface area (Å²) < 4.78 is 0. The number of hydrogen-bond donors (Lipinski definition) is 2. The van der Waals surface area contributed by atoms with Gasteiger partial charge in [0, 0.05) is 27.2 Å². The molecule has 0 aliphatic carbocycles. The Bertz CT molecular complexity index is 2410. The van der Waals surface area contributed by atoms with Gasteiger partial charge in [0.15, 0.2) is 0 Å². The molecule has 0 fully saturated rings. The fraction of sp³-hybridized carbons (Fsp3) is 0.0741. The van der Waals surface area contributed by atoms with E-state index in [1.54, 1.807) is 0 Å². The topological polar surface area (TPSA) is 48.8 Å². The molecule has 0 spiro atoms. The molecule has 0 heterocycles. The SMILES string of the molecule is Cc1cccc(C)c1N/C(=N\c1ccc(-c2ccc(/N=C(\Nc3c(C)cccc3C)P(c3ccccc3)c3ccccc3)cc2)cc1)P(c1ccccc1)c1ccccc1. The minimum Gasteiger partial charge on any atom is -0.339 e. The second-order valence-electron chi connectivity index (χ2n) is 14.8. The van der Waals surface area contributed by atoms with Gasteiger partial charge in [-0.05, 0) is 107 Å². The fourth-order valence-electron chi connectivity index (χ4n) is 7.31. The second-order valence-corrected chi connectivity index (χ2v) is 19.0. The van der Waals surface area contributed by atoms with Crippen LogP contribution in [0.5, 0.6) is 0 Å². The Hall–Kier alpha value is -6.44.